The van der Waals surface area contributed by atoms with Crippen molar-refractivity contribution in [1.82, 2.24) is 20.3 Å². The third-order valence-corrected chi connectivity index (χ3v) is 3.58. The number of rotatable bonds is 5. The van der Waals surface area contributed by atoms with Crippen LogP contribution in [0.3, 0.4) is 0 Å². The largest absolute Gasteiger partial charge is 0.312 e. The molecule has 0 bridgehead atoms. The van der Waals surface area contributed by atoms with Crippen LogP contribution < -0.4 is 5.32 Å². The highest BCUT2D eigenvalue weighted by molar-refractivity contribution is 5.74. The molecule has 0 spiro atoms. The van der Waals surface area contributed by atoms with E-state index in [-0.39, 0.29) is 6.04 Å². The van der Waals surface area contributed by atoms with Crippen molar-refractivity contribution in [1.29, 1.82) is 0 Å². The van der Waals surface area contributed by atoms with E-state index in [2.05, 4.69) is 59.8 Å². The monoisotopic (exact) mass is 280 g/mol. The molecule has 1 N–H and O–H groups in total. The van der Waals surface area contributed by atoms with Gasteiger partial charge in [-0.1, -0.05) is 61.5 Å². The Kier molecular flexibility index (Phi) is 3.97. The summed E-state index contributed by atoms with van der Waals surface area (Å²) in [5.74, 6) is 0. The van der Waals surface area contributed by atoms with Crippen LogP contribution >= 0.6 is 0 Å². The summed E-state index contributed by atoms with van der Waals surface area (Å²) in [7, 11) is 0. The van der Waals surface area contributed by atoms with Gasteiger partial charge in [-0.05, 0) is 17.7 Å². The summed E-state index contributed by atoms with van der Waals surface area (Å²) in [5.41, 5.74) is 3.24. The van der Waals surface area contributed by atoms with Crippen molar-refractivity contribution in [3.63, 3.8) is 0 Å². The first kappa shape index (κ1) is 13.8. The number of hydrogen-bond acceptors (Lipinski definition) is 3. The summed E-state index contributed by atoms with van der Waals surface area (Å²) in [5, 5.41) is 12.2. The smallest absolute Gasteiger partial charge is 0.113 e. The van der Waals surface area contributed by atoms with E-state index in [0.717, 1.165) is 17.6 Å². The standard InChI is InChI=1S/C17H20N4/c1-13(2)18-12-17(14-8-4-3-5-9-14)21-16-11-7-6-10-15(16)19-20-21/h3-11,13,17-18H,12H2,1-2H3. The second-order valence-corrected chi connectivity index (χ2v) is 5.51. The number of fused-ring (bicyclic) bond motifs is 1. The van der Waals surface area contributed by atoms with E-state index in [0.29, 0.717) is 6.04 Å². The molecular weight excluding hydrogens is 260 g/mol. The number of benzene rings is 2. The molecule has 108 valence electrons. The van der Waals surface area contributed by atoms with Gasteiger partial charge in [0, 0.05) is 12.6 Å². The molecule has 1 atom stereocenters. The van der Waals surface area contributed by atoms with E-state index >= 15 is 0 Å². The summed E-state index contributed by atoms with van der Waals surface area (Å²) in [6, 6.07) is 19.1. The predicted octanol–water partition coefficient (Wildman–Crippen LogP) is 3.02. The van der Waals surface area contributed by atoms with E-state index in [1.807, 2.05) is 28.9 Å². The zero-order valence-electron chi connectivity index (χ0n) is 12.4. The molecule has 0 aliphatic heterocycles. The molecule has 0 aliphatic carbocycles. The number of aromatic nitrogens is 3. The molecule has 4 heteroatoms. The van der Waals surface area contributed by atoms with Gasteiger partial charge in [0.05, 0.1) is 11.6 Å². The third-order valence-electron chi connectivity index (χ3n) is 3.58. The quantitative estimate of drug-likeness (QED) is 0.781. The highest BCUT2D eigenvalue weighted by atomic mass is 15.4. The van der Waals surface area contributed by atoms with Gasteiger partial charge in [-0.2, -0.15) is 0 Å². The minimum absolute atomic E-state index is 0.140. The van der Waals surface area contributed by atoms with Crippen LogP contribution in [0.1, 0.15) is 25.5 Å². The minimum Gasteiger partial charge on any atom is -0.312 e. The second-order valence-electron chi connectivity index (χ2n) is 5.51. The van der Waals surface area contributed by atoms with Crippen LogP contribution in [0.2, 0.25) is 0 Å². The Labute approximate surface area is 124 Å². The fraction of sp³-hybridized carbons (Fsp3) is 0.294. The Morgan fingerprint density at radius 3 is 2.48 bits per heavy atom. The van der Waals surface area contributed by atoms with Gasteiger partial charge in [0.15, 0.2) is 0 Å². The molecule has 1 aromatic heterocycles. The fourth-order valence-corrected chi connectivity index (χ4v) is 2.49. The molecule has 21 heavy (non-hydrogen) atoms. The van der Waals surface area contributed by atoms with E-state index in [1.54, 1.807) is 0 Å². The van der Waals surface area contributed by atoms with Gasteiger partial charge < -0.3 is 5.32 Å². The van der Waals surface area contributed by atoms with Crippen LogP contribution in [0.15, 0.2) is 54.6 Å². The van der Waals surface area contributed by atoms with E-state index in [1.165, 1.54) is 5.56 Å². The minimum atomic E-state index is 0.140. The molecule has 0 amide bonds. The lowest BCUT2D eigenvalue weighted by Crippen LogP contribution is -2.31. The number of para-hydroxylation sites is 1. The van der Waals surface area contributed by atoms with Crippen molar-refractivity contribution < 1.29 is 0 Å². The van der Waals surface area contributed by atoms with Gasteiger partial charge in [-0.25, -0.2) is 4.68 Å². The highest BCUT2D eigenvalue weighted by Gasteiger charge is 2.17. The van der Waals surface area contributed by atoms with Crippen LogP contribution in [-0.2, 0) is 0 Å². The average molecular weight is 280 g/mol. The lowest BCUT2D eigenvalue weighted by molar-refractivity contribution is 0.456. The molecule has 0 saturated carbocycles. The maximum Gasteiger partial charge on any atom is 0.113 e. The molecule has 2 aromatic carbocycles. The van der Waals surface area contributed by atoms with Crippen molar-refractivity contribution in [2.75, 3.05) is 6.54 Å². The van der Waals surface area contributed by atoms with Gasteiger partial charge in [0.2, 0.25) is 0 Å². The van der Waals surface area contributed by atoms with Crippen molar-refractivity contribution in [2.45, 2.75) is 25.9 Å². The van der Waals surface area contributed by atoms with Crippen LogP contribution in [0.25, 0.3) is 11.0 Å². The predicted molar refractivity (Wildman–Crippen MR) is 85.2 cm³/mol. The van der Waals surface area contributed by atoms with E-state index in [9.17, 15) is 0 Å². The number of hydrogen-bond donors (Lipinski definition) is 1. The summed E-state index contributed by atoms with van der Waals surface area (Å²) < 4.78 is 2.01. The Hall–Kier alpha value is -2.20. The molecular formula is C17H20N4. The average Bonchev–Trinajstić information content (AvgIpc) is 2.93. The first-order valence-corrected chi connectivity index (χ1v) is 7.34. The molecule has 0 fully saturated rings. The molecule has 1 unspecified atom stereocenters. The topological polar surface area (TPSA) is 42.7 Å². The highest BCUT2D eigenvalue weighted by Crippen LogP contribution is 2.21. The van der Waals surface area contributed by atoms with Crippen LogP contribution in [0.4, 0.5) is 0 Å². The van der Waals surface area contributed by atoms with E-state index < -0.39 is 0 Å². The van der Waals surface area contributed by atoms with Crippen molar-refractivity contribution >= 4 is 11.0 Å². The zero-order chi connectivity index (χ0) is 14.7. The maximum atomic E-state index is 4.38. The lowest BCUT2D eigenvalue weighted by atomic mass is 10.1. The SMILES string of the molecule is CC(C)NCC(c1ccccc1)n1nnc2ccccc21. The summed E-state index contributed by atoms with van der Waals surface area (Å²) in [6.07, 6.45) is 0. The first-order chi connectivity index (χ1) is 10.3. The van der Waals surface area contributed by atoms with Crippen LogP contribution in [0, 0.1) is 0 Å². The van der Waals surface area contributed by atoms with Crippen molar-refractivity contribution in [3.8, 4) is 0 Å². The van der Waals surface area contributed by atoms with Gasteiger partial charge in [-0.3, -0.25) is 0 Å². The Morgan fingerprint density at radius 1 is 1.00 bits per heavy atom. The molecule has 0 saturated heterocycles. The normalized spacial score (nSPS) is 12.9. The molecule has 1 heterocycles. The summed E-state index contributed by atoms with van der Waals surface area (Å²) in [6.45, 7) is 5.14. The maximum absolute atomic E-state index is 4.38. The van der Waals surface area contributed by atoms with Gasteiger partial charge in [0.1, 0.15) is 5.52 Å². The van der Waals surface area contributed by atoms with Crippen LogP contribution in [-0.4, -0.2) is 27.6 Å². The summed E-state index contributed by atoms with van der Waals surface area (Å²) >= 11 is 0. The number of nitrogens with zero attached hydrogens (tertiary/aromatic N) is 3. The van der Waals surface area contributed by atoms with Gasteiger partial charge in [-0.15, -0.1) is 5.10 Å². The fourth-order valence-electron chi connectivity index (χ4n) is 2.49. The first-order valence-electron chi connectivity index (χ1n) is 7.34. The molecule has 0 aliphatic rings. The van der Waals surface area contributed by atoms with Crippen LogP contribution in [0.5, 0.6) is 0 Å². The van der Waals surface area contributed by atoms with E-state index in [4.69, 9.17) is 0 Å². The molecule has 3 rings (SSSR count). The number of nitrogens with one attached hydrogen (secondary N) is 1. The Bertz CT molecular complexity index is 703. The Balaban J connectivity index is 2.02. The third kappa shape index (κ3) is 2.95. The molecule has 3 aromatic rings. The second kappa shape index (κ2) is 6.06. The van der Waals surface area contributed by atoms with Gasteiger partial charge >= 0.3 is 0 Å². The lowest BCUT2D eigenvalue weighted by Gasteiger charge is -2.20. The molecule has 0 radical (unpaired) electrons. The summed E-state index contributed by atoms with van der Waals surface area (Å²) in [4.78, 5) is 0. The Morgan fingerprint density at radius 2 is 1.71 bits per heavy atom. The van der Waals surface area contributed by atoms with Crippen molar-refractivity contribution in [2.24, 2.45) is 0 Å². The molecule has 4 nitrogen and oxygen atoms in total. The van der Waals surface area contributed by atoms with Gasteiger partial charge in [0.25, 0.3) is 0 Å². The zero-order valence-corrected chi connectivity index (χ0v) is 12.4. The van der Waals surface area contributed by atoms with Crippen molar-refractivity contribution in [3.05, 3.63) is 60.2 Å².